The third kappa shape index (κ3) is 3.91. The Morgan fingerprint density at radius 2 is 2.00 bits per heavy atom. The van der Waals surface area contributed by atoms with Crippen molar-refractivity contribution >= 4 is 23.4 Å². The normalized spacial score (nSPS) is 27.2. The predicted molar refractivity (Wildman–Crippen MR) is 90.5 cm³/mol. The third-order valence-electron chi connectivity index (χ3n) is 3.91. The molecular weight excluding hydrogens is 288 g/mol. The van der Waals surface area contributed by atoms with Gasteiger partial charge in [-0.15, -0.1) is 0 Å². The molecule has 4 unspecified atom stereocenters. The van der Waals surface area contributed by atoms with Crippen LogP contribution >= 0.6 is 23.4 Å². The maximum absolute atomic E-state index is 6.43. The van der Waals surface area contributed by atoms with Crippen LogP contribution in [-0.2, 0) is 0 Å². The summed E-state index contributed by atoms with van der Waals surface area (Å²) in [6.45, 7) is 8.97. The highest BCUT2D eigenvalue weighted by Gasteiger charge is 2.31. The maximum atomic E-state index is 6.43. The van der Waals surface area contributed by atoms with Gasteiger partial charge in [0, 0.05) is 34.7 Å². The number of benzene rings is 1. The van der Waals surface area contributed by atoms with E-state index < -0.39 is 0 Å². The Morgan fingerprint density at radius 3 is 2.55 bits per heavy atom. The molecule has 1 aromatic rings. The zero-order valence-corrected chi connectivity index (χ0v) is 14.1. The van der Waals surface area contributed by atoms with E-state index in [1.54, 1.807) is 0 Å². The molecule has 0 amide bonds. The molecule has 112 valence electrons. The van der Waals surface area contributed by atoms with Gasteiger partial charge in [-0.05, 0) is 24.1 Å². The lowest BCUT2D eigenvalue weighted by molar-refractivity contribution is 0.167. The highest BCUT2D eigenvalue weighted by Crippen LogP contribution is 2.33. The van der Waals surface area contributed by atoms with Gasteiger partial charge >= 0.3 is 0 Å². The molecule has 0 bridgehead atoms. The minimum Gasteiger partial charge on any atom is -0.326 e. The molecule has 4 heteroatoms. The molecule has 0 aromatic heterocycles. The molecular formula is C16H25ClN2S. The molecule has 4 atom stereocenters. The van der Waals surface area contributed by atoms with Crippen molar-refractivity contribution in [1.29, 1.82) is 0 Å². The summed E-state index contributed by atoms with van der Waals surface area (Å²) in [5.74, 6) is 0. The minimum absolute atomic E-state index is 0.149. The summed E-state index contributed by atoms with van der Waals surface area (Å²) in [6.07, 6.45) is 0.976. The van der Waals surface area contributed by atoms with Crippen LogP contribution in [0.3, 0.4) is 0 Å². The van der Waals surface area contributed by atoms with Gasteiger partial charge < -0.3 is 5.73 Å². The Balaban J connectivity index is 2.27. The van der Waals surface area contributed by atoms with Crippen LogP contribution in [0, 0.1) is 0 Å². The number of hydrogen-bond donors (Lipinski definition) is 1. The molecule has 1 heterocycles. The quantitative estimate of drug-likeness (QED) is 0.913. The van der Waals surface area contributed by atoms with Gasteiger partial charge in [0.25, 0.3) is 0 Å². The van der Waals surface area contributed by atoms with Gasteiger partial charge in [0.15, 0.2) is 0 Å². The molecule has 20 heavy (non-hydrogen) atoms. The molecule has 0 saturated carbocycles. The first-order valence-corrected chi connectivity index (χ1v) is 8.74. The van der Waals surface area contributed by atoms with Crippen LogP contribution in [0.2, 0.25) is 5.02 Å². The Labute approximate surface area is 132 Å². The summed E-state index contributed by atoms with van der Waals surface area (Å²) in [6, 6.07) is 8.60. The van der Waals surface area contributed by atoms with Crippen molar-refractivity contribution < 1.29 is 0 Å². The highest BCUT2D eigenvalue weighted by molar-refractivity contribution is 8.00. The van der Waals surface area contributed by atoms with Crippen LogP contribution < -0.4 is 5.73 Å². The van der Waals surface area contributed by atoms with E-state index in [4.69, 9.17) is 17.3 Å². The topological polar surface area (TPSA) is 29.3 Å². The van der Waals surface area contributed by atoms with E-state index >= 15 is 0 Å². The Bertz CT molecular complexity index is 430. The standard InChI is InChI=1S/C16H25ClN2S/c1-4-15(18)16(13-6-5-7-14(17)8-13)19-9-11(2)20-12(3)10-19/h5-8,11-12,15-16H,4,9-10,18H2,1-3H3. The van der Waals surface area contributed by atoms with Crippen LogP contribution in [-0.4, -0.2) is 34.5 Å². The molecule has 0 aliphatic carbocycles. The van der Waals surface area contributed by atoms with Gasteiger partial charge in [-0.25, -0.2) is 0 Å². The van der Waals surface area contributed by atoms with E-state index in [0.29, 0.717) is 10.5 Å². The smallest absolute Gasteiger partial charge is 0.0500 e. The van der Waals surface area contributed by atoms with Crippen LogP contribution in [0.4, 0.5) is 0 Å². The lowest BCUT2D eigenvalue weighted by atomic mass is 9.95. The fraction of sp³-hybridized carbons (Fsp3) is 0.625. The van der Waals surface area contributed by atoms with Gasteiger partial charge in [0.1, 0.15) is 0 Å². The monoisotopic (exact) mass is 312 g/mol. The molecule has 1 aliphatic heterocycles. The first-order chi connectivity index (χ1) is 9.51. The number of halogens is 1. The van der Waals surface area contributed by atoms with E-state index in [0.717, 1.165) is 24.5 Å². The van der Waals surface area contributed by atoms with Crippen LogP contribution in [0.25, 0.3) is 0 Å². The summed E-state index contributed by atoms with van der Waals surface area (Å²) < 4.78 is 0. The van der Waals surface area contributed by atoms with E-state index in [2.05, 4.69) is 49.6 Å². The fourth-order valence-corrected chi connectivity index (χ4v) is 4.63. The van der Waals surface area contributed by atoms with Crippen molar-refractivity contribution in [3.63, 3.8) is 0 Å². The summed E-state index contributed by atoms with van der Waals surface area (Å²) in [5.41, 5.74) is 7.68. The third-order valence-corrected chi connectivity index (χ3v) is 5.37. The highest BCUT2D eigenvalue weighted by atomic mass is 35.5. The van der Waals surface area contributed by atoms with Crippen molar-refractivity contribution in [3.8, 4) is 0 Å². The molecule has 1 aliphatic rings. The predicted octanol–water partition coefficient (Wildman–Crippen LogP) is 3.94. The fourth-order valence-electron chi connectivity index (χ4n) is 3.09. The van der Waals surface area contributed by atoms with Gasteiger partial charge in [-0.2, -0.15) is 11.8 Å². The van der Waals surface area contributed by atoms with Crippen molar-refractivity contribution in [3.05, 3.63) is 34.9 Å². The molecule has 0 radical (unpaired) electrons. The summed E-state index contributed by atoms with van der Waals surface area (Å²) >= 11 is 8.24. The van der Waals surface area contributed by atoms with Crippen molar-refractivity contribution in [2.75, 3.05) is 13.1 Å². The molecule has 0 spiro atoms. The number of hydrogen-bond acceptors (Lipinski definition) is 3. The van der Waals surface area contributed by atoms with Crippen molar-refractivity contribution in [2.45, 2.75) is 49.8 Å². The van der Waals surface area contributed by atoms with Gasteiger partial charge in [-0.3, -0.25) is 4.90 Å². The second kappa shape index (κ2) is 7.17. The van der Waals surface area contributed by atoms with Gasteiger partial charge in [0.05, 0.1) is 6.04 Å². The Kier molecular flexibility index (Phi) is 5.79. The Morgan fingerprint density at radius 1 is 1.35 bits per heavy atom. The number of rotatable bonds is 4. The van der Waals surface area contributed by atoms with Crippen LogP contribution in [0.1, 0.15) is 38.8 Å². The summed E-state index contributed by atoms with van der Waals surface area (Å²) in [5, 5.41) is 2.11. The average Bonchev–Trinajstić information content (AvgIpc) is 2.37. The average molecular weight is 313 g/mol. The second-order valence-electron chi connectivity index (χ2n) is 5.78. The van der Waals surface area contributed by atoms with Crippen LogP contribution in [0.15, 0.2) is 24.3 Å². The van der Waals surface area contributed by atoms with E-state index in [1.807, 2.05) is 12.1 Å². The summed E-state index contributed by atoms with van der Waals surface area (Å²) in [7, 11) is 0. The first-order valence-electron chi connectivity index (χ1n) is 7.41. The van der Waals surface area contributed by atoms with Crippen LogP contribution in [0.5, 0.6) is 0 Å². The SMILES string of the molecule is CCC(N)C(c1cccc(Cl)c1)N1CC(C)SC(C)C1. The number of nitrogens with two attached hydrogens (primary N) is 1. The van der Waals surface area contributed by atoms with E-state index in [9.17, 15) is 0 Å². The van der Waals surface area contributed by atoms with E-state index in [1.165, 1.54) is 5.56 Å². The van der Waals surface area contributed by atoms with Crippen molar-refractivity contribution in [1.82, 2.24) is 4.90 Å². The Hall–Kier alpha value is -0.220. The molecule has 1 fully saturated rings. The number of nitrogens with zero attached hydrogens (tertiary/aromatic N) is 1. The first kappa shape index (κ1) is 16.2. The molecule has 1 saturated heterocycles. The van der Waals surface area contributed by atoms with Crippen molar-refractivity contribution in [2.24, 2.45) is 5.73 Å². The van der Waals surface area contributed by atoms with Gasteiger partial charge in [-0.1, -0.05) is 44.5 Å². The maximum Gasteiger partial charge on any atom is 0.0500 e. The van der Waals surface area contributed by atoms with E-state index in [-0.39, 0.29) is 12.1 Å². The summed E-state index contributed by atoms with van der Waals surface area (Å²) in [4.78, 5) is 2.55. The van der Waals surface area contributed by atoms with Gasteiger partial charge in [0.2, 0.25) is 0 Å². The largest absolute Gasteiger partial charge is 0.326 e. The molecule has 2 rings (SSSR count). The second-order valence-corrected chi connectivity index (χ2v) is 8.10. The number of thioether (sulfide) groups is 1. The lowest BCUT2D eigenvalue weighted by Gasteiger charge is -2.42. The molecule has 2 nitrogen and oxygen atoms in total. The molecule has 1 aromatic carbocycles. The minimum atomic E-state index is 0.149. The zero-order chi connectivity index (χ0) is 14.7. The lowest BCUT2D eigenvalue weighted by Crippen LogP contribution is -2.48. The zero-order valence-electron chi connectivity index (χ0n) is 12.6. The molecule has 2 N–H and O–H groups in total.